The van der Waals surface area contributed by atoms with Crippen molar-refractivity contribution in [3.05, 3.63) is 16.1 Å². The summed E-state index contributed by atoms with van der Waals surface area (Å²) >= 11 is 1.73. The fraction of sp³-hybridized carbons (Fsp3) is 0.636. The van der Waals surface area contributed by atoms with Crippen LogP contribution in [0, 0.1) is 24.2 Å². The van der Waals surface area contributed by atoms with E-state index in [4.69, 9.17) is 5.26 Å². The van der Waals surface area contributed by atoms with Gasteiger partial charge < -0.3 is 0 Å². The molecule has 1 aromatic rings. The van der Waals surface area contributed by atoms with Crippen molar-refractivity contribution in [2.24, 2.45) is 5.92 Å². The maximum absolute atomic E-state index is 8.79. The second kappa shape index (κ2) is 4.73. The van der Waals surface area contributed by atoms with E-state index in [1.807, 2.05) is 6.92 Å². The zero-order valence-corrected chi connectivity index (χ0v) is 9.76. The summed E-state index contributed by atoms with van der Waals surface area (Å²) in [5, 5.41) is 12.1. The summed E-state index contributed by atoms with van der Waals surface area (Å²) in [4.78, 5) is 6.85. The molecule has 2 heterocycles. The molecule has 1 aliphatic rings. The molecule has 0 aliphatic carbocycles. The molecule has 4 heteroatoms. The molecule has 1 aliphatic heterocycles. The summed E-state index contributed by atoms with van der Waals surface area (Å²) in [5.41, 5.74) is 1.11. The van der Waals surface area contributed by atoms with Gasteiger partial charge in [0, 0.05) is 17.0 Å². The second-order valence-corrected chi connectivity index (χ2v) is 5.00. The van der Waals surface area contributed by atoms with Gasteiger partial charge >= 0.3 is 0 Å². The van der Waals surface area contributed by atoms with Crippen LogP contribution in [0.25, 0.3) is 0 Å². The quantitative estimate of drug-likeness (QED) is 0.768. The third kappa shape index (κ3) is 2.77. The van der Waals surface area contributed by atoms with Crippen LogP contribution < -0.4 is 0 Å². The van der Waals surface area contributed by atoms with Gasteiger partial charge in [0.1, 0.15) is 5.01 Å². The molecule has 3 nitrogen and oxygen atoms in total. The summed E-state index contributed by atoms with van der Waals surface area (Å²) in [6, 6.07) is 2.35. The van der Waals surface area contributed by atoms with E-state index < -0.39 is 0 Å². The SMILES string of the molecule is Cc1csc(CN2CCC(C#N)CC2)n1. The number of hydrogen-bond acceptors (Lipinski definition) is 4. The number of aromatic nitrogens is 1. The second-order valence-electron chi connectivity index (χ2n) is 4.06. The predicted octanol–water partition coefficient (Wildman–Crippen LogP) is 2.19. The van der Waals surface area contributed by atoms with Gasteiger partial charge in [-0.3, -0.25) is 4.90 Å². The Morgan fingerprint density at radius 2 is 2.33 bits per heavy atom. The van der Waals surface area contributed by atoms with Crippen molar-refractivity contribution in [1.82, 2.24) is 9.88 Å². The van der Waals surface area contributed by atoms with E-state index in [-0.39, 0.29) is 5.92 Å². The zero-order chi connectivity index (χ0) is 10.7. The van der Waals surface area contributed by atoms with E-state index in [0.717, 1.165) is 38.2 Å². The first-order valence-corrected chi connectivity index (χ1v) is 6.19. The summed E-state index contributed by atoms with van der Waals surface area (Å²) in [5.74, 6) is 0.277. The van der Waals surface area contributed by atoms with Crippen molar-refractivity contribution in [2.75, 3.05) is 13.1 Å². The highest BCUT2D eigenvalue weighted by atomic mass is 32.1. The third-order valence-electron chi connectivity index (χ3n) is 2.80. The Balaban J connectivity index is 1.85. The van der Waals surface area contributed by atoms with Gasteiger partial charge in [0.15, 0.2) is 0 Å². The lowest BCUT2D eigenvalue weighted by molar-refractivity contribution is 0.198. The van der Waals surface area contributed by atoms with Crippen LogP contribution in [0.4, 0.5) is 0 Å². The Morgan fingerprint density at radius 3 is 2.87 bits per heavy atom. The van der Waals surface area contributed by atoms with Crippen LogP contribution in [0.15, 0.2) is 5.38 Å². The third-order valence-corrected chi connectivity index (χ3v) is 3.75. The minimum atomic E-state index is 0.277. The molecule has 0 amide bonds. The number of rotatable bonds is 2. The van der Waals surface area contributed by atoms with E-state index in [0.29, 0.717) is 0 Å². The van der Waals surface area contributed by atoms with Crippen LogP contribution in [-0.2, 0) is 6.54 Å². The van der Waals surface area contributed by atoms with E-state index in [9.17, 15) is 0 Å². The van der Waals surface area contributed by atoms with Crippen molar-refractivity contribution in [3.8, 4) is 6.07 Å². The largest absolute Gasteiger partial charge is 0.297 e. The number of nitriles is 1. The highest BCUT2D eigenvalue weighted by molar-refractivity contribution is 7.09. The molecule has 1 fully saturated rings. The maximum Gasteiger partial charge on any atom is 0.107 e. The normalized spacial score (nSPS) is 18.9. The van der Waals surface area contributed by atoms with Crippen LogP contribution in [0.1, 0.15) is 23.5 Å². The highest BCUT2D eigenvalue weighted by Gasteiger charge is 2.19. The van der Waals surface area contributed by atoms with Crippen LogP contribution in [0.3, 0.4) is 0 Å². The first kappa shape index (κ1) is 10.6. The van der Waals surface area contributed by atoms with Gasteiger partial charge in [-0.15, -0.1) is 11.3 Å². The van der Waals surface area contributed by atoms with Gasteiger partial charge in [0.25, 0.3) is 0 Å². The van der Waals surface area contributed by atoms with Crippen molar-refractivity contribution < 1.29 is 0 Å². The molecule has 0 aromatic carbocycles. The Bertz CT molecular complexity index is 358. The molecule has 2 rings (SSSR count). The van der Waals surface area contributed by atoms with Crippen LogP contribution >= 0.6 is 11.3 Å². The van der Waals surface area contributed by atoms with Gasteiger partial charge in [-0.25, -0.2) is 4.98 Å². The van der Waals surface area contributed by atoms with Gasteiger partial charge in [0.2, 0.25) is 0 Å². The number of thiazole rings is 1. The fourth-order valence-corrected chi connectivity index (χ4v) is 2.70. The van der Waals surface area contributed by atoms with Crippen molar-refractivity contribution >= 4 is 11.3 Å². The molecular formula is C11H15N3S. The topological polar surface area (TPSA) is 39.9 Å². The molecule has 15 heavy (non-hydrogen) atoms. The van der Waals surface area contributed by atoms with Crippen molar-refractivity contribution in [1.29, 1.82) is 5.26 Å². The number of aryl methyl sites for hydroxylation is 1. The van der Waals surface area contributed by atoms with Crippen LogP contribution in [-0.4, -0.2) is 23.0 Å². The molecular weight excluding hydrogens is 206 g/mol. The zero-order valence-electron chi connectivity index (χ0n) is 8.94. The van der Waals surface area contributed by atoms with Gasteiger partial charge in [-0.2, -0.15) is 5.26 Å². The summed E-state index contributed by atoms with van der Waals surface area (Å²) in [6.45, 7) is 5.06. The molecule has 0 bridgehead atoms. The van der Waals surface area contributed by atoms with Gasteiger partial charge in [-0.1, -0.05) is 0 Å². The lowest BCUT2D eigenvalue weighted by Crippen LogP contribution is -2.32. The molecule has 0 N–H and O–H groups in total. The molecule has 1 saturated heterocycles. The highest BCUT2D eigenvalue weighted by Crippen LogP contribution is 2.19. The first-order valence-electron chi connectivity index (χ1n) is 5.31. The van der Waals surface area contributed by atoms with E-state index in [2.05, 4.69) is 21.3 Å². The minimum absolute atomic E-state index is 0.277. The van der Waals surface area contributed by atoms with Gasteiger partial charge in [0.05, 0.1) is 12.6 Å². The lowest BCUT2D eigenvalue weighted by Gasteiger charge is -2.27. The average Bonchev–Trinajstić information content (AvgIpc) is 2.65. The Morgan fingerprint density at radius 1 is 1.60 bits per heavy atom. The molecule has 0 saturated carbocycles. The summed E-state index contributed by atoms with van der Waals surface area (Å²) < 4.78 is 0. The molecule has 80 valence electrons. The smallest absolute Gasteiger partial charge is 0.107 e. The lowest BCUT2D eigenvalue weighted by atomic mass is 9.99. The fourth-order valence-electron chi connectivity index (χ4n) is 1.89. The molecule has 0 unspecified atom stereocenters. The molecule has 0 spiro atoms. The number of nitrogens with zero attached hydrogens (tertiary/aromatic N) is 3. The van der Waals surface area contributed by atoms with Crippen LogP contribution in [0.2, 0.25) is 0 Å². The monoisotopic (exact) mass is 221 g/mol. The summed E-state index contributed by atoms with van der Waals surface area (Å²) in [7, 11) is 0. The maximum atomic E-state index is 8.79. The van der Waals surface area contributed by atoms with Crippen molar-refractivity contribution in [2.45, 2.75) is 26.3 Å². The Hall–Kier alpha value is -0.920. The summed E-state index contributed by atoms with van der Waals surface area (Å²) in [6.07, 6.45) is 2.03. The minimum Gasteiger partial charge on any atom is -0.297 e. The molecule has 0 atom stereocenters. The Kier molecular flexibility index (Phi) is 3.34. The van der Waals surface area contributed by atoms with Gasteiger partial charge in [-0.05, 0) is 32.9 Å². The standard InChI is InChI=1S/C11H15N3S/c1-9-8-15-11(13-9)7-14-4-2-10(6-12)3-5-14/h8,10H,2-5,7H2,1H3. The Labute approximate surface area is 94.4 Å². The number of hydrogen-bond donors (Lipinski definition) is 0. The number of likely N-dealkylation sites (tertiary alicyclic amines) is 1. The number of piperidine rings is 1. The van der Waals surface area contributed by atoms with E-state index in [1.54, 1.807) is 11.3 Å². The average molecular weight is 221 g/mol. The predicted molar refractivity (Wildman–Crippen MR) is 60.5 cm³/mol. The molecule has 0 radical (unpaired) electrons. The molecule has 1 aromatic heterocycles. The van der Waals surface area contributed by atoms with E-state index >= 15 is 0 Å². The van der Waals surface area contributed by atoms with E-state index in [1.165, 1.54) is 5.01 Å². The first-order chi connectivity index (χ1) is 7.28. The van der Waals surface area contributed by atoms with Crippen molar-refractivity contribution in [3.63, 3.8) is 0 Å². The van der Waals surface area contributed by atoms with Crippen LogP contribution in [0.5, 0.6) is 0 Å².